The van der Waals surface area contributed by atoms with Crippen LogP contribution < -0.4 is 5.32 Å². The molecule has 0 rings (SSSR count). The topological polar surface area (TPSA) is 66.4 Å². The first kappa shape index (κ1) is 17.9. The van der Waals surface area contributed by atoms with E-state index in [1.54, 1.807) is 20.8 Å². The summed E-state index contributed by atoms with van der Waals surface area (Å²) in [6.07, 6.45) is 1.50. The summed E-state index contributed by atoms with van der Waals surface area (Å²) in [4.78, 5) is 0. The number of aliphatic hydroxyl groups excluding tert-OH is 1. The van der Waals surface area contributed by atoms with E-state index in [9.17, 15) is 13.5 Å². The Labute approximate surface area is 112 Å². The minimum absolute atomic E-state index is 0.117. The third kappa shape index (κ3) is 5.67. The summed E-state index contributed by atoms with van der Waals surface area (Å²) >= 11 is 0. The van der Waals surface area contributed by atoms with Crippen LogP contribution in [0.1, 0.15) is 47.5 Å². The molecule has 0 radical (unpaired) electrons. The molecule has 0 aliphatic carbocycles. The maximum Gasteiger partial charge on any atom is 0.156 e. The van der Waals surface area contributed by atoms with Gasteiger partial charge in [0.25, 0.3) is 0 Å². The Hall–Kier alpha value is -0.130. The van der Waals surface area contributed by atoms with Gasteiger partial charge in [0.05, 0.1) is 16.6 Å². The van der Waals surface area contributed by atoms with Crippen LogP contribution in [0.4, 0.5) is 0 Å². The Kier molecular flexibility index (Phi) is 7.40. The fraction of sp³-hybridized carbons (Fsp3) is 1.00. The van der Waals surface area contributed by atoms with Crippen molar-refractivity contribution >= 4 is 9.84 Å². The van der Waals surface area contributed by atoms with Crippen LogP contribution in [-0.4, -0.2) is 43.2 Å². The summed E-state index contributed by atoms with van der Waals surface area (Å²) in [5.41, 5.74) is 0. The predicted molar refractivity (Wildman–Crippen MR) is 76.5 cm³/mol. The number of rotatable bonds is 8. The molecular formula is C13H29NO3S. The van der Waals surface area contributed by atoms with E-state index in [0.717, 1.165) is 12.8 Å². The van der Waals surface area contributed by atoms with Gasteiger partial charge in [-0.1, -0.05) is 26.7 Å². The molecular weight excluding hydrogens is 250 g/mol. The van der Waals surface area contributed by atoms with Crippen LogP contribution in [-0.2, 0) is 9.84 Å². The van der Waals surface area contributed by atoms with Crippen molar-refractivity contribution in [2.75, 3.05) is 18.8 Å². The molecule has 1 unspecified atom stereocenters. The summed E-state index contributed by atoms with van der Waals surface area (Å²) in [6, 6.07) is 0. The van der Waals surface area contributed by atoms with Gasteiger partial charge in [-0.15, -0.1) is 0 Å². The Morgan fingerprint density at radius 2 is 1.67 bits per heavy atom. The maximum atomic E-state index is 11.8. The molecule has 110 valence electrons. The van der Waals surface area contributed by atoms with Crippen LogP contribution >= 0.6 is 0 Å². The van der Waals surface area contributed by atoms with Gasteiger partial charge in [-0.05, 0) is 26.7 Å². The molecule has 0 aromatic rings. The molecule has 0 amide bonds. The molecule has 5 heteroatoms. The van der Waals surface area contributed by atoms with Gasteiger partial charge in [-0.3, -0.25) is 0 Å². The number of nitrogens with one attached hydrogen (secondary N) is 1. The van der Waals surface area contributed by atoms with Crippen LogP contribution in [0, 0.1) is 5.92 Å². The second kappa shape index (κ2) is 7.46. The summed E-state index contributed by atoms with van der Waals surface area (Å²) in [6.45, 7) is 10.1. The van der Waals surface area contributed by atoms with Crippen LogP contribution in [0.5, 0.6) is 0 Å². The van der Waals surface area contributed by atoms with Gasteiger partial charge in [-0.25, -0.2) is 8.42 Å². The van der Waals surface area contributed by atoms with Gasteiger partial charge in [0.2, 0.25) is 0 Å². The van der Waals surface area contributed by atoms with Crippen molar-refractivity contribution in [3.63, 3.8) is 0 Å². The highest BCUT2D eigenvalue weighted by Crippen LogP contribution is 2.15. The first-order chi connectivity index (χ1) is 8.15. The minimum Gasteiger partial charge on any atom is -0.392 e. The molecule has 0 bridgehead atoms. The molecule has 0 aliphatic rings. The standard InChI is InChI=1S/C13H29NO3S/c1-6-11(7-2)12(15)10-14-8-9-18(16,17)13(3,4)5/h11-12,14-15H,6-10H2,1-5H3. The van der Waals surface area contributed by atoms with E-state index >= 15 is 0 Å². The van der Waals surface area contributed by atoms with Gasteiger partial charge in [0, 0.05) is 13.1 Å². The maximum absolute atomic E-state index is 11.8. The van der Waals surface area contributed by atoms with Gasteiger partial charge in [-0.2, -0.15) is 0 Å². The number of sulfone groups is 1. The SMILES string of the molecule is CCC(CC)C(O)CNCCS(=O)(=O)C(C)(C)C. The zero-order chi connectivity index (χ0) is 14.4. The Morgan fingerprint density at radius 3 is 2.06 bits per heavy atom. The fourth-order valence-electron chi connectivity index (χ4n) is 1.76. The summed E-state index contributed by atoms with van der Waals surface area (Å²) in [5, 5.41) is 12.9. The normalized spacial score (nSPS) is 15.1. The van der Waals surface area contributed by atoms with E-state index < -0.39 is 20.7 Å². The largest absolute Gasteiger partial charge is 0.392 e. The average molecular weight is 279 g/mol. The van der Waals surface area contributed by atoms with Crippen LogP contribution in [0.25, 0.3) is 0 Å². The van der Waals surface area contributed by atoms with Crippen molar-refractivity contribution in [1.82, 2.24) is 5.32 Å². The monoisotopic (exact) mass is 279 g/mol. The molecule has 0 heterocycles. The molecule has 1 atom stereocenters. The zero-order valence-electron chi connectivity index (χ0n) is 12.4. The van der Waals surface area contributed by atoms with Gasteiger partial charge in [0.1, 0.15) is 0 Å². The Morgan fingerprint density at radius 1 is 1.17 bits per heavy atom. The second-order valence-electron chi connectivity index (χ2n) is 5.78. The van der Waals surface area contributed by atoms with Crippen molar-refractivity contribution in [2.45, 2.75) is 58.3 Å². The first-order valence-corrected chi connectivity index (χ1v) is 8.42. The smallest absolute Gasteiger partial charge is 0.156 e. The van der Waals surface area contributed by atoms with Gasteiger partial charge in [0.15, 0.2) is 9.84 Å². The lowest BCUT2D eigenvalue weighted by molar-refractivity contribution is 0.102. The second-order valence-corrected chi connectivity index (χ2v) is 8.64. The lowest BCUT2D eigenvalue weighted by Crippen LogP contribution is -2.38. The van der Waals surface area contributed by atoms with E-state index in [-0.39, 0.29) is 11.7 Å². The Balaban J connectivity index is 4.02. The van der Waals surface area contributed by atoms with Crippen molar-refractivity contribution in [3.8, 4) is 0 Å². The van der Waals surface area contributed by atoms with Crippen LogP contribution in [0.3, 0.4) is 0 Å². The van der Waals surface area contributed by atoms with E-state index in [1.165, 1.54) is 0 Å². The Bertz CT molecular complexity index is 316. The van der Waals surface area contributed by atoms with Crippen molar-refractivity contribution in [1.29, 1.82) is 0 Å². The molecule has 0 saturated heterocycles. The lowest BCUT2D eigenvalue weighted by atomic mass is 9.97. The van der Waals surface area contributed by atoms with Crippen molar-refractivity contribution in [2.24, 2.45) is 5.92 Å². The molecule has 0 fully saturated rings. The fourth-order valence-corrected chi connectivity index (χ4v) is 2.79. The number of aliphatic hydroxyl groups is 1. The number of hydrogen-bond acceptors (Lipinski definition) is 4. The molecule has 0 spiro atoms. The lowest BCUT2D eigenvalue weighted by Gasteiger charge is -2.22. The zero-order valence-corrected chi connectivity index (χ0v) is 13.2. The van der Waals surface area contributed by atoms with Crippen molar-refractivity contribution in [3.05, 3.63) is 0 Å². The van der Waals surface area contributed by atoms with Crippen LogP contribution in [0.15, 0.2) is 0 Å². The highest BCUT2D eigenvalue weighted by molar-refractivity contribution is 7.92. The predicted octanol–water partition coefficient (Wildman–Crippen LogP) is 1.59. The van der Waals surface area contributed by atoms with Crippen LogP contribution in [0.2, 0.25) is 0 Å². The summed E-state index contributed by atoms with van der Waals surface area (Å²) < 4.78 is 23.0. The molecule has 2 N–H and O–H groups in total. The highest BCUT2D eigenvalue weighted by atomic mass is 32.2. The molecule has 0 saturated carbocycles. The van der Waals surface area contributed by atoms with Crippen molar-refractivity contribution < 1.29 is 13.5 Å². The van der Waals surface area contributed by atoms with Gasteiger partial charge < -0.3 is 10.4 Å². The minimum atomic E-state index is -3.07. The molecule has 0 aromatic heterocycles. The van der Waals surface area contributed by atoms with E-state index in [0.29, 0.717) is 13.1 Å². The van der Waals surface area contributed by atoms with Gasteiger partial charge >= 0.3 is 0 Å². The summed E-state index contributed by atoms with van der Waals surface area (Å²) in [5.74, 6) is 0.406. The quantitative estimate of drug-likeness (QED) is 0.662. The summed E-state index contributed by atoms with van der Waals surface area (Å²) in [7, 11) is -3.07. The molecule has 18 heavy (non-hydrogen) atoms. The third-order valence-corrected chi connectivity index (χ3v) is 6.03. The number of hydrogen-bond donors (Lipinski definition) is 2. The van der Waals surface area contributed by atoms with E-state index in [1.807, 2.05) is 0 Å². The third-order valence-electron chi connectivity index (χ3n) is 3.43. The molecule has 4 nitrogen and oxygen atoms in total. The van der Waals surface area contributed by atoms with E-state index in [4.69, 9.17) is 0 Å². The first-order valence-electron chi connectivity index (χ1n) is 6.76. The average Bonchev–Trinajstić information content (AvgIpc) is 2.24. The van der Waals surface area contributed by atoms with E-state index in [2.05, 4.69) is 19.2 Å². The molecule has 0 aliphatic heterocycles. The molecule has 0 aromatic carbocycles. The highest BCUT2D eigenvalue weighted by Gasteiger charge is 2.28.